The van der Waals surface area contributed by atoms with Crippen LogP contribution in [-0.2, 0) is 25.9 Å². The Bertz CT molecular complexity index is 1300. The van der Waals surface area contributed by atoms with Crippen LogP contribution in [0.15, 0.2) is 89.9 Å². The largest absolute Gasteiger partial charge is 0.511 e. The second-order valence-electron chi connectivity index (χ2n) is 8.23. The average molecular weight is 457 g/mol. The van der Waals surface area contributed by atoms with Crippen molar-refractivity contribution in [1.29, 1.82) is 0 Å². The molecule has 0 aliphatic heterocycles. The van der Waals surface area contributed by atoms with Crippen LogP contribution in [0.3, 0.4) is 0 Å². The molecule has 174 valence electrons. The van der Waals surface area contributed by atoms with Gasteiger partial charge in [-0.05, 0) is 35.6 Å². The normalized spacial score (nSPS) is 10.9. The van der Waals surface area contributed by atoms with Crippen molar-refractivity contribution in [3.8, 4) is 16.9 Å². The molecule has 6 heteroatoms. The Hall–Kier alpha value is -4.06. The molecule has 0 fully saturated rings. The predicted octanol–water partition coefficient (Wildman–Crippen LogP) is 5.62. The number of nitrogens with zero attached hydrogens (tertiary/aromatic N) is 2. The maximum absolute atomic E-state index is 13.2. The fourth-order valence-corrected chi connectivity index (χ4v) is 4.12. The average Bonchev–Trinajstić information content (AvgIpc) is 3.13. The standard InChI is InChI=1S/C28H28N2O4/c1-2-8-24-20-29(18-17-21-9-4-3-5-10-21)27(31)30(24)19-22-13-15-23(16-14-22)25-11-6-7-12-26(25)34-28(32)33/h3-7,9-16,20H,2,8,17-19H2,1H3,(H,32,33). The number of imidazole rings is 1. The van der Waals surface area contributed by atoms with Gasteiger partial charge in [-0.25, -0.2) is 9.59 Å². The summed E-state index contributed by atoms with van der Waals surface area (Å²) < 4.78 is 8.57. The van der Waals surface area contributed by atoms with Crippen LogP contribution in [0.1, 0.15) is 30.2 Å². The molecule has 1 aromatic heterocycles. The molecule has 0 amide bonds. The number of aromatic nitrogens is 2. The van der Waals surface area contributed by atoms with Gasteiger partial charge < -0.3 is 9.84 Å². The van der Waals surface area contributed by atoms with Crippen LogP contribution >= 0.6 is 0 Å². The van der Waals surface area contributed by atoms with Crippen LogP contribution in [0.25, 0.3) is 11.1 Å². The highest BCUT2D eigenvalue weighted by Crippen LogP contribution is 2.30. The summed E-state index contributed by atoms with van der Waals surface area (Å²) in [6.45, 7) is 3.24. The Morgan fingerprint density at radius 2 is 1.59 bits per heavy atom. The van der Waals surface area contributed by atoms with Gasteiger partial charge in [0.15, 0.2) is 0 Å². The number of hydrogen-bond donors (Lipinski definition) is 1. The van der Waals surface area contributed by atoms with E-state index in [1.165, 1.54) is 5.56 Å². The SMILES string of the molecule is CCCc1cn(CCc2ccccc2)c(=O)n1Cc1ccc(-c2ccccc2OC(=O)O)cc1. The lowest BCUT2D eigenvalue weighted by Crippen LogP contribution is -2.26. The smallest absolute Gasteiger partial charge is 0.449 e. The maximum Gasteiger partial charge on any atom is 0.511 e. The minimum atomic E-state index is -1.34. The van der Waals surface area contributed by atoms with Crippen molar-refractivity contribution in [3.63, 3.8) is 0 Å². The number of carbonyl (C=O) groups is 1. The summed E-state index contributed by atoms with van der Waals surface area (Å²) in [4.78, 5) is 24.2. The molecule has 1 N–H and O–H groups in total. The molecular weight excluding hydrogens is 428 g/mol. The number of para-hydroxylation sites is 1. The van der Waals surface area contributed by atoms with Crippen LogP contribution in [-0.4, -0.2) is 20.4 Å². The van der Waals surface area contributed by atoms with E-state index < -0.39 is 6.16 Å². The van der Waals surface area contributed by atoms with E-state index in [1.54, 1.807) is 12.1 Å². The van der Waals surface area contributed by atoms with Crippen LogP contribution in [0.2, 0.25) is 0 Å². The molecule has 6 nitrogen and oxygen atoms in total. The maximum atomic E-state index is 13.2. The zero-order valence-corrected chi connectivity index (χ0v) is 19.2. The Labute approximate surface area is 198 Å². The molecule has 34 heavy (non-hydrogen) atoms. The van der Waals surface area contributed by atoms with E-state index in [2.05, 4.69) is 19.1 Å². The highest BCUT2D eigenvalue weighted by Gasteiger charge is 2.13. The fourth-order valence-electron chi connectivity index (χ4n) is 4.12. The molecule has 0 aliphatic carbocycles. The number of carboxylic acid groups (broad SMARTS) is 1. The van der Waals surface area contributed by atoms with Gasteiger partial charge in [-0.1, -0.05) is 86.1 Å². The molecule has 0 saturated carbocycles. The number of hydrogen-bond acceptors (Lipinski definition) is 3. The van der Waals surface area contributed by atoms with E-state index >= 15 is 0 Å². The van der Waals surface area contributed by atoms with Crippen LogP contribution in [0.5, 0.6) is 5.75 Å². The Morgan fingerprint density at radius 1 is 0.882 bits per heavy atom. The van der Waals surface area contributed by atoms with E-state index in [1.807, 2.05) is 69.9 Å². The second-order valence-corrected chi connectivity index (χ2v) is 8.23. The van der Waals surface area contributed by atoms with E-state index in [9.17, 15) is 9.59 Å². The zero-order chi connectivity index (χ0) is 23.9. The minimum Gasteiger partial charge on any atom is -0.449 e. The van der Waals surface area contributed by atoms with Gasteiger partial charge in [-0.3, -0.25) is 9.13 Å². The monoisotopic (exact) mass is 456 g/mol. The van der Waals surface area contributed by atoms with Gasteiger partial charge >= 0.3 is 11.8 Å². The Balaban J connectivity index is 1.55. The quantitative estimate of drug-likeness (QED) is 0.262. The molecule has 0 atom stereocenters. The van der Waals surface area contributed by atoms with E-state index in [4.69, 9.17) is 9.84 Å². The molecule has 0 saturated heterocycles. The highest BCUT2D eigenvalue weighted by molar-refractivity contribution is 5.74. The summed E-state index contributed by atoms with van der Waals surface area (Å²) in [7, 11) is 0. The predicted molar refractivity (Wildman–Crippen MR) is 132 cm³/mol. The molecule has 4 aromatic rings. The van der Waals surface area contributed by atoms with Crippen molar-refractivity contribution < 1.29 is 14.6 Å². The van der Waals surface area contributed by atoms with Gasteiger partial charge in [0.25, 0.3) is 0 Å². The van der Waals surface area contributed by atoms with Gasteiger partial charge in [0, 0.05) is 24.0 Å². The highest BCUT2D eigenvalue weighted by atomic mass is 16.7. The van der Waals surface area contributed by atoms with Crippen LogP contribution in [0.4, 0.5) is 4.79 Å². The lowest BCUT2D eigenvalue weighted by molar-refractivity contribution is 0.144. The van der Waals surface area contributed by atoms with Crippen molar-refractivity contribution in [2.24, 2.45) is 0 Å². The molecule has 0 spiro atoms. The second kappa shape index (κ2) is 10.7. The Kier molecular flexibility index (Phi) is 7.28. The third-order valence-corrected chi connectivity index (χ3v) is 5.81. The lowest BCUT2D eigenvalue weighted by atomic mass is 10.0. The Morgan fingerprint density at radius 3 is 2.29 bits per heavy atom. The minimum absolute atomic E-state index is 0.00339. The summed E-state index contributed by atoms with van der Waals surface area (Å²) in [5.74, 6) is 0.291. The topological polar surface area (TPSA) is 73.5 Å². The van der Waals surface area contributed by atoms with Gasteiger partial charge in [-0.15, -0.1) is 0 Å². The summed E-state index contributed by atoms with van der Waals surface area (Å²) >= 11 is 0. The molecule has 4 rings (SSSR count). The fraction of sp³-hybridized carbons (Fsp3) is 0.214. The summed E-state index contributed by atoms with van der Waals surface area (Å²) in [5, 5.41) is 8.99. The van der Waals surface area contributed by atoms with E-state index in [-0.39, 0.29) is 5.69 Å². The molecule has 3 aromatic carbocycles. The summed E-state index contributed by atoms with van der Waals surface area (Å²) in [5.41, 5.74) is 4.80. The van der Waals surface area contributed by atoms with Crippen molar-refractivity contribution in [2.75, 3.05) is 0 Å². The summed E-state index contributed by atoms with van der Waals surface area (Å²) in [6, 6.07) is 25.0. The number of aryl methyl sites for hydroxylation is 3. The molecule has 0 unspecified atom stereocenters. The molecule has 0 radical (unpaired) electrons. The van der Waals surface area contributed by atoms with Gasteiger partial charge in [0.1, 0.15) is 5.75 Å². The summed E-state index contributed by atoms with van der Waals surface area (Å²) in [6.07, 6.45) is 3.25. The third kappa shape index (κ3) is 5.46. The zero-order valence-electron chi connectivity index (χ0n) is 19.2. The molecule has 0 bridgehead atoms. The lowest BCUT2D eigenvalue weighted by Gasteiger charge is -2.10. The van der Waals surface area contributed by atoms with Crippen molar-refractivity contribution in [2.45, 2.75) is 39.3 Å². The van der Waals surface area contributed by atoms with E-state index in [0.29, 0.717) is 24.4 Å². The van der Waals surface area contributed by atoms with Crippen molar-refractivity contribution >= 4 is 6.16 Å². The molecule has 0 aliphatic rings. The van der Waals surface area contributed by atoms with E-state index in [0.717, 1.165) is 36.1 Å². The first-order valence-corrected chi connectivity index (χ1v) is 11.5. The third-order valence-electron chi connectivity index (χ3n) is 5.81. The van der Waals surface area contributed by atoms with Crippen molar-refractivity contribution in [3.05, 3.63) is 112 Å². The first-order chi connectivity index (χ1) is 16.5. The molecule has 1 heterocycles. The number of rotatable bonds is 9. The number of benzene rings is 3. The van der Waals surface area contributed by atoms with Crippen LogP contribution in [0, 0.1) is 0 Å². The van der Waals surface area contributed by atoms with Crippen LogP contribution < -0.4 is 10.4 Å². The van der Waals surface area contributed by atoms with Gasteiger partial charge in [0.2, 0.25) is 0 Å². The van der Waals surface area contributed by atoms with Crippen molar-refractivity contribution in [1.82, 2.24) is 9.13 Å². The van der Waals surface area contributed by atoms with Gasteiger partial charge in [-0.2, -0.15) is 0 Å². The first kappa shape index (κ1) is 23.1. The number of ether oxygens (including phenoxy) is 1. The first-order valence-electron chi connectivity index (χ1n) is 11.5. The van der Waals surface area contributed by atoms with Gasteiger partial charge in [0.05, 0.1) is 6.54 Å². The molecular formula is C28H28N2O4.